The van der Waals surface area contributed by atoms with E-state index in [0.29, 0.717) is 39.4 Å². The van der Waals surface area contributed by atoms with Crippen LogP contribution in [-0.4, -0.2) is 28.6 Å². The summed E-state index contributed by atoms with van der Waals surface area (Å²) in [4.78, 5) is 25.2. The molecule has 140 valence electrons. The molecule has 2 aromatic rings. The summed E-state index contributed by atoms with van der Waals surface area (Å²) in [6.45, 7) is 4.71. The largest absolute Gasteiger partial charge is 0.491 e. The number of hydrogen-bond donors (Lipinski definition) is 1. The van der Waals surface area contributed by atoms with Crippen molar-refractivity contribution in [3.8, 4) is 5.75 Å². The van der Waals surface area contributed by atoms with E-state index in [4.69, 9.17) is 32.7 Å². The number of fused-ring (bicyclic) bond motifs is 1. The zero-order chi connectivity index (χ0) is 19.0. The van der Waals surface area contributed by atoms with Crippen molar-refractivity contribution in [2.24, 2.45) is 5.92 Å². The van der Waals surface area contributed by atoms with Gasteiger partial charge < -0.3 is 14.6 Å². The number of methoxy groups -OCH3 is 1. The van der Waals surface area contributed by atoms with Crippen molar-refractivity contribution in [3.63, 3.8) is 0 Å². The fourth-order valence-corrected chi connectivity index (χ4v) is 4.49. The molecule has 2 unspecified atom stereocenters. The van der Waals surface area contributed by atoms with Gasteiger partial charge >= 0.3 is 0 Å². The fraction of sp³-hybridized carbons (Fsp3) is 0.412. The van der Waals surface area contributed by atoms with Gasteiger partial charge in [0.15, 0.2) is 0 Å². The van der Waals surface area contributed by atoms with Crippen LogP contribution in [0.3, 0.4) is 0 Å². The summed E-state index contributed by atoms with van der Waals surface area (Å²) in [5.74, 6) is 0.562. The average molecular weight is 417 g/mol. The first kappa shape index (κ1) is 19.4. The number of H-pyrrole nitrogens is 1. The molecular weight excluding hydrogens is 399 g/mol. The van der Waals surface area contributed by atoms with Gasteiger partial charge in [-0.25, -0.2) is 0 Å². The van der Waals surface area contributed by atoms with Crippen molar-refractivity contribution in [2.45, 2.75) is 31.4 Å². The number of thioether (sulfide) groups is 1. The molecule has 2 atom stereocenters. The Morgan fingerprint density at radius 1 is 1.50 bits per heavy atom. The summed E-state index contributed by atoms with van der Waals surface area (Å²) in [5.41, 5.74) is 0.335. The minimum atomic E-state index is -0.407. The highest BCUT2D eigenvalue weighted by Gasteiger charge is 2.33. The van der Waals surface area contributed by atoms with E-state index in [2.05, 4.69) is 5.10 Å². The lowest BCUT2D eigenvalue weighted by Gasteiger charge is -2.32. The second-order valence-electron chi connectivity index (χ2n) is 5.98. The number of aromatic nitrogens is 2. The van der Waals surface area contributed by atoms with Crippen molar-refractivity contribution >= 4 is 40.1 Å². The van der Waals surface area contributed by atoms with Gasteiger partial charge in [0, 0.05) is 36.2 Å². The Morgan fingerprint density at radius 3 is 2.85 bits per heavy atom. The van der Waals surface area contributed by atoms with Crippen LogP contribution in [0.2, 0.25) is 10.0 Å². The molecule has 0 radical (unpaired) electrons. The molecule has 3 rings (SSSR count). The van der Waals surface area contributed by atoms with Crippen molar-refractivity contribution in [3.05, 3.63) is 43.8 Å². The average Bonchev–Trinajstić information content (AvgIpc) is 2.99. The molecular formula is C17H18Cl2N2O4S. The molecule has 6 nitrogen and oxygen atoms in total. The maximum atomic E-state index is 12.6. The van der Waals surface area contributed by atoms with E-state index < -0.39 is 5.12 Å². The van der Waals surface area contributed by atoms with Crippen LogP contribution in [0.5, 0.6) is 5.75 Å². The highest BCUT2D eigenvalue weighted by molar-refractivity contribution is 8.14. The number of benzene rings is 1. The van der Waals surface area contributed by atoms with Crippen molar-refractivity contribution in [2.75, 3.05) is 13.7 Å². The molecule has 0 bridgehead atoms. The van der Waals surface area contributed by atoms with Gasteiger partial charge in [0.05, 0.1) is 22.8 Å². The predicted molar refractivity (Wildman–Crippen MR) is 102 cm³/mol. The molecule has 0 saturated carbocycles. The number of ether oxygens (including phenoxy) is 2. The van der Waals surface area contributed by atoms with E-state index in [1.807, 2.05) is 13.8 Å². The van der Waals surface area contributed by atoms with Crippen LogP contribution in [0.15, 0.2) is 22.0 Å². The number of carbonyl (C=O) groups excluding carboxylic acids is 1. The molecule has 1 aliphatic heterocycles. The summed E-state index contributed by atoms with van der Waals surface area (Å²) in [6.07, 6.45) is 1.11. The van der Waals surface area contributed by atoms with E-state index in [9.17, 15) is 9.59 Å². The quantitative estimate of drug-likeness (QED) is 0.757. The lowest BCUT2D eigenvalue weighted by atomic mass is 9.94. The van der Waals surface area contributed by atoms with Crippen LogP contribution < -0.4 is 10.3 Å². The van der Waals surface area contributed by atoms with Gasteiger partial charge in [-0.05, 0) is 24.8 Å². The molecule has 0 saturated heterocycles. The normalized spacial score (nSPS) is 19.1. The zero-order valence-electron chi connectivity index (χ0n) is 14.5. The summed E-state index contributed by atoms with van der Waals surface area (Å²) in [7, 11) is 1.60. The number of nitrogens with zero attached hydrogens (tertiary/aromatic N) is 1. The van der Waals surface area contributed by atoms with Gasteiger partial charge in [-0.1, -0.05) is 30.1 Å². The Hall–Kier alpha value is -1.41. The lowest BCUT2D eigenvalue weighted by molar-refractivity contribution is 0.0193. The molecule has 0 amide bonds. The summed E-state index contributed by atoms with van der Waals surface area (Å²) in [6, 6.07) is 1.58. The standard InChI is InChI=1S/C17H18Cl2N2O4S/c1-4-21-16(22)9(6-20-21)17(23)26-11-5-10(18)15-12(13(11)19)14(24-3)8(2)7-25-15/h5-6,8,14,20H,4,7H2,1-3H3. The molecule has 0 fully saturated rings. The topological polar surface area (TPSA) is 73.3 Å². The van der Waals surface area contributed by atoms with Crippen molar-refractivity contribution in [1.82, 2.24) is 9.78 Å². The monoisotopic (exact) mass is 416 g/mol. The van der Waals surface area contributed by atoms with Gasteiger partial charge in [0.2, 0.25) is 5.12 Å². The highest BCUT2D eigenvalue weighted by atomic mass is 35.5. The van der Waals surface area contributed by atoms with Gasteiger partial charge in [-0.2, -0.15) is 0 Å². The van der Waals surface area contributed by atoms with Crippen LogP contribution in [0.1, 0.15) is 35.9 Å². The van der Waals surface area contributed by atoms with E-state index in [-0.39, 0.29) is 23.1 Å². The number of aromatic amines is 1. The summed E-state index contributed by atoms with van der Waals surface area (Å²) < 4.78 is 12.6. The van der Waals surface area contributed by atoms with Gasteiger partial charge in [-0.3, -0.25) is 14.3 Å². The second-order valence-corrected chi connectivity index (χ2v) is 7.78. The Bertz CT molecular complexity index is 909. The SMILES string of the molecule is CCn1[nH]cc(C(=O)Sc2cc(Cl)c3c(c2Cl)C(OC)C(C)CO3)c1=O. The van der Waals surface area contributed by atoms with Gasteiger partial charge in [0.25, 0.3) is 5.56 Å². The molecule has 1 N–H and O–H groups in total. The molecule has 26 heavy (non-hydrogen) atoms. The number of rotatable bonds is 4. The van der Waals surface area contributed by atoms with E-state index in [1.54, 1.807) is 13.2 Å². The third-order valence-electron chi connectivity index (χ3n) is 4.30. The van der Waals surface area contributed by atoms with Gasteiger partial charge in [-0.15, -0.1) is 0 Å². The van der Waals surface area contributed by atoms with E-state index in [0.717, 1.165) is 11.8 Å². The minimum Gasteiger partial charge on any atom is -0.491 e. The van der Waals surface area contributed by atoms with E-state index >= 15 is 0 Å². The summed E-state index contributed by atoms with van der Waals surface area (Å²) in [5, 5.41) is 3.06. The Kier molecular flexibility index (Phi) is 5.72. The number of halogens is 2. The number of hydrogen-bond acceptors (Lipinski definition) is 5. The van der Waals surface area contributed by atoms with Crippen LogP contribution >= 0.6 is 35.0 Å². The predicted octanol–water partition coefficient (Wildman–Crippen LogP) is 4.15. The number of nitrogens with one attached hydrogen (secondary N) is 1. The minimum absolute atomic E-state index is 0.0645. The highest BCUT2D eigenvalue weighted by Crippen LogP contribution is 2.49. The molecule has 9 heteroatoms. The molecule has 1 aromatic heterocycles. The number of carbonyl (C=O) groups is 1. The first-order chi connectivity index (χ1) is 12.4. The Labute approximate surface area is 164 Å². The fourth-order valence-electron chi connectivity index (χ4n) is 2.96. The molecule has 0 aliphatic carbocycles. The molecule has 1 aromatic carbocycles. The van der Waals surface area contributed by atoms with Crippen LogP contribution in [0, 0.1) is 5.92 Å². The first-order valence-electron chi connectivity index (χ1n) is 8.06. The molecule has 2 heterocycles. The molecule has 0 spiro atoms. The molecule has 1 aliphatic rings. The second kappa shape index (κ2) is 7.68. The third kappa shape index (κ3) is 3.29. The maximum Gasteiger partial charge on any atom is 0.278 e. The van der Waals surface area contributed by atoms with Crippen LogP contribution in [-0.2, 0) is 11.3 Å². The smallest absolute Gasteiger partial charge is 0.278 e. The maximum absolute atomic E-state index is 12.6. The van der Waals surface area contributed by atoms with Crippen molar-refractivity contribution in [1.29, 1.82) is 0 Å². The first-order valence-corrected chi connectivity index (χ1v) is 9.64. The zero-order valence-corrected chi connectivity index (χ0v) is 16.8. The van der Waals surface area contributed by atoms with Crippen LogP contribution in [0.25, 0.3) is 0 Å². The van der Waals surface area contributed by atoms with Crippen LogP contribution in [0.4, 0.5) is 0 Å². The summed E-state index contributed by atoms with van der Waals surface area (Å²) >= 11 is 13.8. The van der Waals surface area contributed by atoms with Crippen molar-refractivity contribution < 1.29 is 14.3 Å². The van der Waals surface area contributed by atoms with Gasteiger partial charge in [0.1, 0.15) is 11.3 Å². The van der Waals surface area contributed by atoms with E-state index in [1.165, 1.54) is 10.9 Å². The number of aryl methyl sites for hydroxylation is 1. The Balaban J connectivity index is 2.00. The Morgan fingerprint density at radius 2 is 2.23 bits per heavy atom. The lowest BCUT2D eigenvalue weighted by Crippen LogP contribution is -2.25. The third-order valence-corrected chi connectivity index (χ3v) is 6.04.